The van der Waals surface area contributed by atoms with Crippen LogP contribution in [-0.4, -0.2) is 30.8 Å². The molecule has 2 nitrogen and oxygen atoms in total. The summed E-state index contributed by atoms with van der Waals surface area (Å²) in [4.78, 5) is 13.2. The van der Waals surface area contributed by atoms with Crippen molar-refractivity contribution in [2.75, 3.05) is 14.1 Å². The first-order chi connectivity index (χ1) is 5.95. The van der Waals surface area contributed by atoms with Crippen molar-refractivity contribution in [1.82, 2.24) is 4.90 Å². The normalized spacial score (nSPS) is 12.8. The van der Waals surface area contributed by atoms with Crippen LogP contribution >= 0.6 is 0 Å². The number of hydrogen-bond acceptors (Lipinski definition) is 2. The molecule has 0 aliphatic heterocycles. The maximum Gasteiger partial charge on any atom is 0.146 e. The van der Waals surface area contributed by atoms with Crippen LogP contribution in [0.1, 0.15) is 33.6 Å². The number of ketones is 1. The first-order valence-corrected chi connectivity index (χ1v) is 4.75. The van der Waals surface area contributed by atoms with Crippen LogP contribution in [0.2, 0.25) is 0 Å². The first kappa shape index (κ1) is 12.4. The van der Waals surface area contributed by atoms with Crippen LogP contribution < -0.4 is 0 Å². The number of Topliss-reactive ketones (excluding diaryl/α,β-unsaturated/α-hetero) is 1. The highest BCUT2D eigenvalue weighted by Gasteiger charge is 2.14. The largest absolute Gasteiger partial charge is 0.300 e. The van der Waals surface area contributed by atoms with Crippen molar-refractivity contribution in [3.8, 4) is 0 Å². The van der Waals surface area contributed by atoms with Gasteiger partial charge in [-0.15, -0.1) is 0 Å². The van der Waals surface area contributed by atoms with Gasteiger partial charge in [-0.05, 0) is 47.7 Å². The van der Waals surface area contributed by atoms with Gasteiger partial charge in [0, 0.05) is 0 Å². The van der Waals surface area contributed by atoms with Gasteiger partial charge in [0.15, 0.2) is 0 Å². The summed E-state index contributed by atoms with van der Waals surface area (Å²) in [6, 6.07) is 0.0793. The summed E-state index contributed by atoms with van der Waals surface area (Å²) in [6.07, 6.45) is 4.09. The zero-order valence-electron chi connectivity index (χ0n) is 9.42. The van der Waals surface area contributed by atoms with E-state index in [0.29, 0.717) is 0 Å². The minimum absolute atomic E-state index is 0.0793. The number of nitrogens with zero attached hydrogens (tertiary/aromatic N) is 1. The van der Waals surface area contributed by atoms with E-state index in [-0.39, 0.29) is 11.8 Å². The smallest absolute Gasteiger partial charge is 0.146 e. The molecule has 0 radical (unpaired) electrons. The van der Waals surface area contributed by atoms with E-state index in [9.17, 15) is 4.79 Å². The highest BCUT2D eigenvalue weighted by atomic mass is 16.1. The second kappa shape index (κ2) is 5.92. The number of carbonyl (C=O) groups is 1. The zero-order valence-corrected chi connectivity index (χ0v) is 9.42. The monoisotopic (exact) mass is 183 g/mol. The Morgan fingerprint density at radius 1 is 1.31 bits per heavy atom. The number of rotatable bonds is 5. The predicted molar refractivity (Wildman–Crippen MR) is 56.8 cm³/mol. The topological polar surface area (TPSA) is 20.3 Å². The minimum atomic E-state index is 0.0793. The molecular formula is C11H21NO. The van der Waals surface area contributed by atoms with Gasteiger partial charge in [0.25, 0.3) is 0 Å². The lowest BCUT2D eigenvalue weighted by Gasteiger charge is -2.20. The van der Waals surface area contributed by atoms with Crippen molar-refractivity contribution in [1.29, 1.82) is 0 Å². The highest BCUT2D eigenvalue weighted by Crippen LogP contribution is 2.06. The third-order valence-corrected chi connectivity index (χ3v) is 2.09. The van der Waals surface area contributed by atoms with E-state index < -0.39 is 0 Å². The van der Waals surface area contributed by atoms with E-state index in [1.165, 1.54) is 5.57 Å². The lowest BCUT2D eigenvalue weighted by atomic mass is 10.1. The summed E-state index contributed by atoms with van der Waals surface area (Å²) in [5, 5.41) is 0. The van der Waals surface area contributed by atoms with Gasteiger partial charge in [0.1, 0.15) is 5.78 Å². The number of allylic oxidation sites excluding steroid dienone is 2. The molecule has 1 atom stereocenters. The van der Waals surface area contributed by atoms with Crippen molar-refractivity contribution in [2.45, 2.75) is 39.7 Å². The summed E-state index contributed by atoms with van der Waals surface area (Å²) >= 11 is 0. The Hall–Kier alpha value is -0.630. The average molecular weight is 183 g/mol. The van der Waals surface area contributed by atoms with Gasteiger partial charge < -0.3 is 0 Å². The molecular weight excluding hydrogens is 162 g/mol. The summed E-state index contributed by atoms with van der Waals surface area (Å²) in [5.41, 5.74) is 1.32. The predicted octanol–water partition coefficient (Wildman–Crippen LogP) is 2.25. The maximum absolute atomic E-state index is 11.2. The third kappa shape index (κ3) is 5.58. The molecule has 0 spiro atoms. The Balaban J connectivity index is 3.98. The molecule has 0 fully saturated rings. The number of carbonyl (C=O) groups excluding carboxylic acids is 1. The lowest BCUT2D eigenvalue weighted by Crippen LogP contribution is -2.33. The molecule has 0 amide bonds. The van der Waals surface area contributed by atoms with E-state index in [2.05, 4.69) is 19.9 Å². The van der Waals surface area contributed by atoms with E-state index >= 15 is 0 Å². The molecule has 0 aliphatic carbocycles. The molecule has 0 N–H and O–H groups in total. The van der Waals surface area contributed by atoms with Crippen LogP contribution in [0.5, 0.6) is 0 Å². The average Bonchev–Trinajstić information content (AvgIpc) is 1.95. The summed E-state index contributed by atoms with van der Waals surface area (Å²) in [5.74, 6) is 0.257. The van der Waals surface area contributed by atoms with Gasteiger partial charge in [-0.25, -0.2) is 0 Å². The van der Waals surface area contributed by atoms with Gasteiger partial charge >= 0.3 is 0 Å². The Labute approximate surface area is 81.6 Å². The molecule has 0 aromatic heterocycles. The molecule has 0 bridgehead atoms. The van der Waals surface area contributed by atoms with Crippen molar-refractivity contribution in [3.05, 3.63) is 11.6 Å². The van der Waals surface area contributed by atoms with Gasteiger partial charge in [0.05, 0.1) is 6.04 Å². The molecule has 0 aromatic rings. The molecule has 0 rings (SSSR count). The van der Waals surface area contributed by atoms with Gasteiger partial charge in [-0.2, -0.15) is 0 Å². The van der Waals surface area contributed by atoms with Crippen molar-refractivity contribution >= 4 is 5.78 Å². The Kier molecular flexibility index (Phi) is 5.63. The maximum atomic E-state index is 11.2. The van der Waals surface area contributed by atoms with Crippen LogP contribution in [0.3, 0.4) is 0 Å². The van der Waals surface area contributed by atoms with Crippen LogP contribution in [0.4, 0.5) is 0 Å². The fraction of sp³-hybridized carbons (Fsp3) is 0.727. The molecule has 0 heterocycles. The van der Waals surface area contributed by atoms with E-state index in [0.717, 1.165) is 12.8 Å². The molecule has 1 unspecified atom stereocenters. The van der Waals surface area contributed by atoms with Gasteiger partial charge in [0.2, 0.25) is 0 Å². The Morgan fingerprint density at radius 2 is 1.85 bits per heavy atom. The SMILES string of the molecule is CC(=O)C(CCC=C(C)C)N(C)C. The molecule has 0 saturated carbocycles. The van der Waals surface area contributed by atoms with Gasteiger partial charge in [-0.3, -0.25) is 9.69 Å². The Bertz CT molecular complexity index is 190. The molecule has 76 valence electrons. The fourth-order valence-corrected chi connectivity index (χ4v) is 1.35. The molecule has 0 saturated heterocycles. The van der Waals surface area contributed by atoms with Crippen LogP contribution in [0.15, 0.2) is 11.6 Å². The summed E-state index contributed by atoms with van der Waals surface area (Å²) < 4.78 is 0. The molecule has 13 heavy (non-hydrogen) atoms. The van der Waals surface area contributed by atoms with Crippen LogP contribution in [0, 0.1) is 0 Å². The summed E-state index contributed by atoms with van der Waals surface area (Å²) in [6.45, 7) is 5.82. The standard InChI is InChI=1S/C11H21NO/c1-9(2)7-6-8-11(10(3)13)12(4)5/h7,11H,6,8H2,1-5H3. The summed E-state index contributed by atoms with van der Waals surface area (Å²) in [7, 11) is 3.91. The zero-order chi connectivity index (χ0) is 10.4. The first-order valence-electron chi connectivity index (χ1n) is 4.75. The lowest BCUT2D eigenvalue weighted by molar-refractivity contribution is -0.121. The second-order valence-electron chi connectivity index (χ2n) is 3.95. The highest BCUT2D eigenvalue weighted by molar-refractivity contribution is 5.81. The quantitative estimate of drug-likeness (QED) is 0.609. The van der Waals surface area contributed by atoms with Crippen LogP contribution in [0.25, 0.3) is 0 Å². The fourth-order valence-electron chi connectivity index (χ4n) is 1.35. The molecule has 0 aliphatic rings. The van der Waals surface area contributed by atoms with Gasteiger partial charge in [-0.1, -0.05) is 11.6 Å². The van der Waals surface area contributed by atoms with Crippen LogP contribution in [-0.2, 0) is 4.79 Å². The van der Waals surface area contributed by atoms with Crippen molar-refractivity contribution < 1.29 is 4.79 Å². The van der Waals surface area contributed by atoms with E-state index in [4.69, 9.17) is 0 Å². The van der Waals surface area contributed by atoms with E-state index in [1.54, 1.807) is 6.92 Å². The number of likely N-dealkylation sites (N-methyl/N-ethyl adjacent to an activating group) is 1. The minimum Gasteiger partial charge on any atom is -0.300 e. The van der Waals surface area contributed by atoms with Crippen molar-refractivity contribution in [3.63, 3.8) is 0 Å². The third-order valence-electron chi connectivity index (χ3n) is 2.09. The second-order valence-corrected chi connectivity index (χ2v) is 3.95. The number of hydrogen-bond donors (Lipinski definition) is 0. The molecule has 2 heteroatoms. The van der Waals surface area contributed by atoms with Crippen molar-refractivity contribution in [2.24, 2.45) is 0 Å². The Morgan fingerprint density at radius 3 is 2.15 bits per heavy atom. The van der Waals surface area contributed by atoms with E-state index in [1.807, 2.05) is 19.0 Å². The molecule has 0 aromatic carbocycles.